The summed E-state index contributed by atoms with van der Waals surface area (Å²) in [6, 6.07) is 9.11. The fraction of sp³-hybridized carbons (Fsp3) is 0.667. The molecular weight excluding hydrogens is 312 g/mol. The van der Waals surface area contributed by atoms with Gasteiger partial charge in [-0.25, -0.2) is 0 Å². The van der Waals surface area contributed by atoms with Gasteiger partial charge in [0, 0.05) is 12.1 Å². The summed E-state index contributed by atoms with van der Waals surface area (Å²) in [6.45, 7) is 6.52. The van der Waals surface area contributed by atoms with Crippen LogP contribution in [0.15, 0.2) is 24.3 Å². The van der Waals surface area contributed by atoms with Crippen molar-refractivity contribution in [2.45, 2.75) is 64.5 Å². The Morgan fingerprint density at radius 2 is 1.88 bits per heavy atom. The number of carbonyl (C=O) groups is 1. The molecule has 1 saturated heterocycles. The zero-order valence-electron chi connectivity index (χ0n) is 15.7. The highest BCUT2D eigenvalue weighted by Gasteiger charge is 2.28. The van der Waals surface area contributed by atoms with Crippen molar-refractivity contribution < 1.29 is 9.53 Å². The van der Waals surface area contributed by atoms with Gasteiger partial charge in [0.15, 0.2) is 0 Å². The third kappa shape index (κ3) is 4.97. The highest BCUT2D eigenvalue weighted by Crippen LogP contribution is 2.32. The molecule has 0 aromatic heterocycles. The van der Waals surface area contributed by atoms with E-state index in [1.165, 1.54) is 18.4 Å². The molecule has 1 aromatic carbocycles. The third-order valence-corrected chi connectivity index (χ3v) is 5.67. The Kier molecular flexibility index (Phi) is 6.35. The van der Waals surface area contributed by atoms with Crippen molar-refractivity contribution >= 4 is 5.91 Å². The lowest BCUT2D eigenvalue weighted by atomic mass is 9.87. The number of amides is 1. The van der Waals surface area contributed by atoms with Gasteiger partial charge in [-0.15, -0.1) is 0 Å². The van der Waals surface area contributed by atoms with Crippen LogP contribution in [-0.4, -0.2) is 36.5 Å². The quantitative estimate of drug-likeness (QED) is 0.850. The number of benzene rings is 1. The van der Waals surface area contributed by atoms with Crippen LogP contribution in [0.3, 0.4) is 0 Å². The highest BCUT2D eigenvalue weighted by atomic mass is 16.5. The largest absolute Gasteiger partial charge is 0.494 e. The molecule has 0 spiro atoms. The Labute approximate surface area is 151 Å². The third-order valence-electron chi connectivity index (χ3n) is 5.67. The summed E-state index contributed by atoms with van der Waals surface area (Å²) in [5.41, 5.74) is 1.29. The minimum atomic E-state index is 0.192. The predicted octanol–water partition coefficient (Wildman–Crippen LogP) is 3.92. The van der Waals surface area contributed by atoms with Gasteiger partial charge in [-0.2, -0.15) is 0 Å². The Balaban J connectivity index is 1.53. The second kappa shape index (κ2) is 8.70. The Morgan fingerprint density at radius 3 is 2.56 bits per heavy atom. The summed E-state index contributed by atoms with van der Waals surface area (Å²) in [4.78, 5) is 14.8. The van der Waals surface area contributed by atoms with Gasteiger partial charge in [0.05, 0.1) is 13.2 Å². The van der Waals surface area contributed by atoms with Crippen molar-refractivity contribution in [3.8, 4) is 5.75 Å². The van der Waals surface area contributed by atoms with Crippen LogP contribution in [0.2, 0.25) is 0 Å². The summed E-state index contributed by atoms with van der Waals surface area (Å²) in [5, 5.41) is 3.26. The molecule has 1 atom stereocenters. The van der Waals surface area contributed by atoms with Crippen LogP contribution < -0.4 is 10.1 Å². The molecule has 1 saturated carbocycles. The number of carbonyl (C=O) groups excluding carboxylic acids is 1. The van der Waals surface area contributed by atoms with E-state index in [1.54, 1.807) is 0 Å². The molecule has 2 fully saturated rings. The second-order valence-corrected chi connectivity index (χ2v) is 7.65. The van der Waals surface area contributed by atoms with Crippen molar-refractivity contribution in [3.05, 3.63) is 29.8 Å². The van der Waals surface area contributed by atoms with Crippen LogP contribution in [0.1, 0.15) is 64.0 Å². The van der Waals surface area contributed by atoms with Crippen molar-refractivity contribution in [1.82, 2.24) is 10.2 Å². The van der Waals surface area contributed by atoms with Gasteiger partial charge in [0.2, 0.25) is 5.91 Å². The van der Waals surface area contributed by atoms with E-state index in [4.69, 9.17) is 4.74 Å². The van der Waals surface area contributed by atoms with Gasteiger partial charge in [0.25, 0.3) is 0 Å². The van der Waals surface area contributed by atoms with Gasteiger partial charge >= 0.3 is 0 Å². The first-order chi connectivity index (χ1) is 12.2. The van der Waals surface area contributed by atoms with E-state index < -0.39 is 0 Å². The van der Waals surface area contributed by atoms with Crippen molar-refractivity contribution in [2.75, 3.05) is 19.7 Å². The van der Waals surface area contributed by atoms with E-state index in [0.29, 0.717) is 25.2 Å². The van der Waals surface area contributed by atoms with Gasteiger partial charge in [0.1, 0.15) is 5.75 Å². The Bertz CT molecular complexity index is 550. The first-order valence-corrected chi connectivity index (χ1v) is 9.92. The van der Waals surface area contributed by atoms with Crippen LogP contribution in [0.25, 0.3) is 0 Å². The smallest absolute Gasteiger partial charge is 0.234 e. The topological polar surface area (TPSA) is 41.6 Å². The van der Waals surface area contributed by atoms with Crippen molar-refractivity contribution in [2.24, 2.45) is 5.92 Å². The first-order valence-electron chi connectivity index (χ1n) is 9.92. The molecule has 0 radical (unpaired) electrons. The molecule has 4 nitrogen and oxygen atoms in total. The average molecular weight is 344 g/mol. The average Bonchev–Trinajstić information content (AvgIpc) is 3.06. The zero-order valence-corrected chi connectivity index (χ0v) is 15.7. The van der Waals surface area contributed by atoms with Crippen molar-refractivity contribution in [3.63, 3.8) is 0 Å². The van der Waals surface area contributed by atoms with Gasteiger partial charge < -0.3 is 10.1 Å². The summed E-state index contributed by atoms with van der Waals surface area (Å²) in [7, 11) is 0. The normalized spacial score (nSPS) is 27.2. The lowest BCUT2D eigenvalue weighted by molar-refractivity contribution is -0.123. The molecule has 1 heterocycles. The number of ether oxygens (including phenoxy) is 1. The highest BCUT2D eigenvalue weighted by molar-refractivity contribution is 5.78. The SMILES string of the molecule is CCOc1ccc(C2CCCN2CC(=O)NC2CCC(C)CC2)cc1. The standard InChI is InChI=1S/C21H32N2O2/c1-3-25-19-12-8-17(9-13-19)20-5-4-14-23(20)15-21(24)22-18-10-6-16(2)7-11-18/h8-9,12-13,16,18,20H,3-7,10-11,14-15H2,1-2H3,(H,22,24). The fourth-order valence-electron chi connectivity index (χ4n) is 4.21. The molecule has 1 amide bonds. The monoisotopic (exact) mass is 344 g/mol. The molecule has 2 aliphatic rings. The van der Waals surface area contributed by atoms with E-state index in [9.17, 15) is 4.79 Å². The first kappa shape index (κ1) is 18.2. The summed E-state index contributed by atoms with van der Waals surface area (Å²) in [6.07, 6.45) is 7.03. The molecule has 3 rings (SSSR count). The lowest BCUT2D eigenvalue weighted by Crippen LogP contribution is -2.43. The summed E-state index contributed by atoms with van der Waals surface area (Å²) < 4.78 is 5.53. The molecule has 1 aliphatic carbocycles. The maximum Gasteiger partial charge on any atom is 0.234 e. The van der Waals surface area contributed by atoms with E-state index >= 15 is 0 Å². The minimum absolute atomic E-state index is 0.192. The molecule has 0 bridgehead atoms. The molecule has 1 unspecified atom stereocenters. The van der Waals surface area contributed by atoms with Gasteiger partial charge in [-0.3, -0.25) is 9.69 Å². The molecule has 1 aliphatic heterocycles. The lowest BCUT2D eigenvalue weighted by Gasteiger charge is -2.29. The van der Waals surface area contributed by atoms with Crippen LogP contribution in [0.5, 0.6) is 5.75 Å². The number of hydrogen-bond donors (Lipinski definition) is 1. The minimum Gasteiger partial charge on any atom is -0.494 e. The molecule has 1 N–H and O–H groups in total. The number of nitrogens with one attached hydrogen (secondary N) is 1. The summed E-state index contributed by atoms with van der Waals surface area (Å²) in [5.74, 6) is 1.92. The number of likely N-dealkylation sites (tertiary alicyclic amines) is 1. The molecule has 1 aromatic rings. The molecule has 138 valence electrons. The van der Waals surface area contributed by atoms with Crippen molar-refractivity contribution in [1.29, 1.82) is 0 Å². The van der Waals surface area contributed by atoms with Gasteiger partial charge in [-0.05, 0) is 75.6 Å². The fourth-order valence-corrected chi connectivity index (χ4v) is 4.21. The Morgan fingerprint density at radius 1 is 1.16 bits per heavy atom. The molecular formula is C21H32N2O2. The van der Waals surface area contributed by atoms with E-state index in [2.05, 4.69) is 29.3 Å². The molecule has 4 heteroatoms. The van der Waals surface area contributed by atoms with E-state index in [1.807, 2.05) is 19.1 Å². The van der Waals surface area contributed by atoms with Crippen LogP contribution in [0.4, 0.5) is 0 Å². The summed E-state index contributed by atoms with van der Waals surface area (Å²) >= 11 is 0. The van der Waals surface area contributed by atoms with Gasteiger partial charge in [-0.1, -0.05) is 19.1 Å². The zero-order chi connectivity index (χ0) is 17.6. The maximum absolute atomic E-state index is 12.5. The number of hydrogen-bond acceptors (Lipinski definition) is 3. The van der Waals surface area contributed by atoms with E-state index in [0.717, 1.165) is 43.9 Å². The number of nitrogens with zero attached hydrogens (tertiary/aromatic N) is 1. The van der Waals surface area contributed by atoms with Crippen LogP contribution >= 0.6 is 0 Å². The van der Waals surface area contributed by atoms with Crippen LogP contribution in [-0.2, 0) is 4.79 Å². The predicted molar refractivity (Wildman–Crippen MR) is 101 cm³/mol. The maximum atomic E-state index is 12.5. The Hall–Kier alpha value is -1.55. The number of rotatable bonds is 6. The molecule has 25 heavy (non-hydrogen) atoms. The second-order valence-electron chi connectivity index (χ2n) is 7.65. The van der Waals surface area contributed by atoms with Crippen LogP contribution in [0, 0.1) is 5.92 Å². The van der Waals surface area contributed by atoms with E-state index in [-0.39, 0.29) is 5.91 Å².